The van der Waals surface area contributed by atoms with Crippen molar-refractivity contribution in [2.45, 2.75) is 24.9 Å². The summed E-state index contributed by atoms with van der Waals surface area (Å²) in [5.41, 5.74) is 3.56. The molecule has 1 aliphatic carbocycles. The fraction of sp³-hybridized carbons (Fsp3) is 0.235. The van der Waals surface area contributed by atoms with Gasteiger partial charge in [0.2, 0.25) is 0 Å². The summed E-state index contributed by atoms with van der Waals surface area (Å²) in [7, 11) is 0. The van der Waals surface area contributed by atoms with Crippen molar-refractivity contribution < 1.29 is 0 Å². The van der Waals surface area contributed by atoms with E-state index in [2.05, 4.69) is 51.2 Å². The molecule has 0 saturated heterocycles. The molecule has 20 heavy (non-hydrogen) atoms. The van der Waals surface area contributed by atoms with Crippen molar-refractivity contribution in [1.82, 2.24) is 14.7 Å². The number of nitrogens with one attached hydrogen (secondary N) is 1. The summed E-state index contributed by atoms with van der Waals surface area (Å²) in [6.45, 7) is 0.843. The average Bonchev–Trinajstić information content (AvgIpc) is 3.16. The predicted octanol–water partition coefficient (Wildman–Crippen LogP) is 2.98. The van der Waals surface area contributed by atoms with Gasteiger partial charge in [-0.05, 0) is 24.1 Å². The van der Waals surface area contributed by atoms with E-state index in [-0.39, 0.29) is 0 Å². The van der Waals surface area contributed by atoms with E-state index in [0.717, 1.165) is 17.9 Å². The molecule has 2 unspecified atom stereocenters. The first kappa shape index (κ1) is 11.7. The summed E-state index contributed by atoms with van der Waals surface area (Å²) in [6.07, 6.45) is 5.37. The van der Waals surface area contributed by atoms with Crippen LogP contribution in [0.25, 0.3) is 5.65 Å². The van der Waals surface area contributed by atoms with Gasteiger partial charge in [-0.15, -0.1) is 0 Å². The average molecular weight is 263 g/mol. The third-order valence-corrected chi connectivity index (χ3v) is 3.98. The maximum Gasteiger partial charge on any atom is 0.137 e. The Morgan fingerprint density at radius 3 is 2.80 bits per heavy atom. The number of nitrogens with zero attached hydrogens (tertiary/aromatic N) is 2. The topological polar surface area (TPSA) is 29.3 Å². The molecule has 2 aromatic heterocycles. The smallest absolute Gasteiger partial charge is 0.137 e. The number of hydrogen-bond acceptors (Lipinski definition) is 2. The highest BCUT2D eigenvalue weighted by molar-refractivity contribution is 5.39. The van der Waals surface area contributed by atoms with Gasteiger partial charge in [-0.3, -0.25) is 0 Å². The fourth-order valence-corrected chi connectivity index (χ4v) is 2.80. The molecule has 1 N–H and O–H groups in total. The van der Waals surface area contributed by atoms with Crippen LogP contribution in [-0.2, 0) is 6.54 Å². The van der Waals surface area contributed by atoms with Gasteiger partial charge in [-0.1, -0.05) is 36.4 Å². The molecule has 2 heterocycles. The molecular formula is C17H17N3. The van der Waals surface area contributed by atoms with Gasteiger partial charge in [-0.25, -0.2) is 4.98 Å². The van der Waals surface area contributed by atoms with Gasteiger partial charge in [0.15, 0.2) is 0 Å². The second-order valence-electron chi connectivity index (χ2n) is 5.44. The fourth-order valence-electron chi connectivity index (χ4n) is 2.80. The molecule has 0 bridgehead atoms. The highest BCUT2D eigenvalue weighted by Gasteiger charge is 2.37. The number of hydrogen-bond donors (Lipinski definition) is 1. The molecular weight excluding hydrogens is 246 g/mol. The minimum atomic E-state index is 0.599. The molecule has 3 nitrogen and oxygen atoms in total. The van der Waals surface area contributed by atoms with Gasteiger partial charge in [-0.2, -0.15) is 0 Å². The zero-order chi connectivity index (χ0) is 13.4. The molecule has 1 aliphatic rings. The Bertz CT molecular complexity index is 684. The summed E-state index contributed by atoms with van der Waals surface area (Å²) in [6, 6.07) is 17.4. The lowest BCUT2D eigenvalue weighted by molar-refractivity contribution is 0.663. The van der Waals surface area contributed by atoms with Crippen LogP contribution in [-0.4, -0.2) is 15.4 Å². The minimum Gasteiger partial charge on any atom is -0.308 e. The second kappa shape index (κ2) is 4.76. The Morgan fingerprint density at radius 2 is 1.95 bits per heavy atom. The molecule has 3 aromatic rings. The summed E-state index contributed by atoms with van der Waals surface area (Å²) in [5.74, 6) is 0.674. The van der Waals surface area contributed by atoms with Crippen molar-refractivity contribution in [2.75, 3.05) is 0 Å². The number of fused-ring (bicyclic) bond motifs is 1. The number of pyridine rings is 1. The zero-order valence-corrected chi connectivity index (χ0v) is 11.2. The van der Waals surface area contributed by atoms with Gasteiger partial charge < -0.3 is 9.72 Å². The highest BCUT2D eigenvalue weighted by Crippen LogP contribution is 2.40. The lowest BCUT2D eigenvalue weighted by atomic mass is 10.1. The van der Waals surface area contributed by atoms with Gasteiger partial charge in [0.25, 0.3) is 0 Å². The zero-order valence-electron chi connectivity index (χ0n) is 11.2. The van der Waals surface area contributed by atoms with Gasteiger partial charge >= 0.3 is 0 Å². The van der Waals surface area contributed by atoms with Crippen LogP contribution < -0.4 is 5.32 Å². The number of rotatable bonds is 4. The third-order valence-electron chi connectivity index (χ3n) is 3.98. The van der Waals surface area contributed by atoms with E-state index in [4.69, 9.17) is 0 Å². The molecule has 1 aromatic carbocycles. The van der Waals surface area contributed by atoms with E-state index in [1.54, 1.807) is 0 Å². The van der Waals surface area contributed by atoms with Crippen molar-refractivity contribution in [3.63, 3.8) is 0 Å². The minimum absolute atomic E-state index is 0.599. The lowest BCUT2D eigenvalue weighted by Crippen LogP contribution is -2.17. The standard InChI is InChI=1S/C17H17N3/c1-2-6-13(7-3-1)15-10-16(15)18-11-14-12-20-9-5-4-8-17(20)19-14/h1-9,12,15-16,18H,10-11H2. The van der Waals surface area contributed by atoms with E-state index < -0.39 is 0 Å². The van der Waals surface area contributed by atoms with E-state index in [1.165, 1.54) is 12.0 Å². The summed E-state index contributed by atoms with van der Waals surface area (Å²) in [4.78, 5) is 4.61. The first-order valence-electron chi connectivity index (χ1n) is 7.11. The van der Waals surface area contributed by atoms with E-state index in [9.17, 15) is 0 Å². The number of benzene rings is 1. The first-order chi connectivity index (χ1) is 9.90. The Morgan fingerprint density at radius 1 is 1.10 bits per heavy atom. The Labute approximate surface area is 118 Å². The lowest BCUT2D eigenvalue weighted by Gasteiger charge is -2.02. The molecule has 4 rings (SSSR count). The van der Waals surface area contributed by atoms with Crippen LogP contribution in [0.5, 0.6) is 0 Å². The van der Waals surface area contributed by atoms with Crippen molar-refractivity contribution >= 4 is 5.65 Å². The molecule has 1 fully saturated rings. The van der Waals surface area contributed by atoms with Crippen molar-refractivity contribution in [1.29, 1.82) is 0 Å². The quantitative estimate of drug-likeness (QED) is 0.784. The SMILES string of the molecule is c1ccc(C2CC2NCc2cn3ccccc3n2)cc1. The third kappa shape index (κ3) is 2.21. The van der Waals surface area contributed by atoms with Crippen LogP contribution in [0, 0.1) is 0 Å². The Hall–Kier alpha value is -2.13. The highest BCUT2D eigenvalue weighted by atomic mass is 15.0. The monoisotopic (exact) mass is 263 g/mol. The van der Waals surface area contributed by atoms with Gasteiger partial charge in [0, 0.05) is 30.9 Å². The Kier molecular flexibility index (Phi) is 2.78. The summed E-state index contributed by atoms with van der Waals surface area (Å²) < 4.78 is 2.07. The molecule has 3 heteroatoms. The van der Waals surface area contributed by atoms with Crippen LogP contribution >= 0.6 is 0 Å². The molecule has 100 valence electrons. The Balaban J connectivity index is 1.40. The first-order valence-corrected chi connectivity index (χ1v) is 7.11. The maximum absolute atomic E-state index is 4.61. The molecule has 0 amide bonds. The van der Waals surface area contributed by atoms with Crippen LogP contribution in [0.3, 0.4) is 0 Å². The van der Waals surface area contributed by atoms with Crippen molar-refractivity contribution in [3.05, 3.63) is 72.2 Å². The van der Waals surface area contributed by atoms with Gasteiger partial charge in [0.05, 0.1) is 5.69 Å². The predicted molar refractivity (Wildman–Crippen MR) is 79.6 cm³/mol. The summed E-state index contributed by atoms with van der Waals surface area (Å²) >= 11 is 0. The van der Waals surface area contributed by atoms with Gasteiger partial charge in [0.1, 0.15) is 5.65 Å². The normalized spacial score (nSPS) is 21.2. The maximum atomic E-state index is 4.61. The van der Waals surface area contributed by atoms with E-state index >= 15 is 0 Å². The van der Waals surface area contributed by atoms with Crippen LogP contribution in [0.1, 0.15) is 23.6 Å². The number of imidazole rings is 1. The largest absolute Gasteiger partial charge is 0.308 e. The van der Waals surface area contributed by atoms with E-state index in [0.29, 0.717) is 12.0 Å². The van der Waals surface area contributed by atoms with Crippen LogP contribution in [0.4, 0.5) is 0 Å². The van der Waals surface area contributed by atoms with Crippen molar-refractivity contribution in [3.8, 4) is 0 Å². The molecule has 0 radical (unpaired) electrons. The molecule has 1 saturated carbocycles. The summed E-state index contributed by atoms with van der Waals surface area (Å²) in [5, 5.41) is 3.61. The second-order valence-corrected chi connectivity index (χ2v) is 5.44. The molecule has 2 atom stereocenters. The van der Waals surface area contributed by atoms with Crippen LogP contribution in [0.15, 0.2) is 60.9 Å². The molecule has 0 aliphatic heterocycles. The van der Waals surface area contributed by atoms with E-state index in [1.807, 2.05) is 24.4 Å². The molecule has 0 spiro atoms. The van der Waals surface area contributed by atoms with Crippen LogP contribution in [0.2, 0.25) is 0 Å². The van der Waals surface area contributed by atoms with Crippen molar-refractivity contribution in [2.24, 2.45) is 0 Å². The number of aromatic nitrogens is 2.